The number of hydrogen-bond acceptors (Lipinski definition) is 4. The lowest BCUT2D eigenvalue weighted by Gasteiger charge is -2.30. The van der Waals surface area contributed by atoms with Crippen LogP contribution in [0.15, 0.2) is 0 Å². The molecule has 0 aromatic rings. The van der Waals surface area contributed by atoms with Crippen molar-refractivity contribution in [2.45, 2.75) is 51.1 Å². The second-order valence-corrected chi connectivity index (χ2v) is 5.19. The smallest absolute Gasteiger partial charge is 0.407 e. The third-order valence-corrected chi connectivity index (χ3v) is 2.28. The molecule has 3 atom stereocenters. The van der Waals surface area contributed by atoms with Gasteiger partial charge in [-0.15, -0.1) is 0 Å². The average molecular weight is 263 g/mol. The summed E-state index contributed by atoms with van der Waals surface area (Å²) in [5, 5.41) is 11.1. The Balaban J connectivity index is 2.43. The first-order valence-electron chi connectivity index (χ1n) is 5.67. The third-order valence-electron chi connectivity index (χ3n) is 2.28. The fraction of sp³-hybridized carbons (Fsp3) is 0.818. The molecule has 1 saturated heterocycles. The highest BCUT2D eigenvalue weighted by Gasteiger charge is 2.37. The van der Waals surface area contributed by atoms with Crippen LogP contribution in [0.25, 0.3) is 0 Å². The Morgan fingerprint density at radius 3 is 2.50 bits per heavy atom. The van der Waals surface area contributed by atoms with Gasteiger partial charge in [0.05, 0.1) is 12.6 Å². The molecule has 2 unspecified atom stereocenters. The van der Waals surface area contributed by atoms with Gasteiger partial charge in [0.25, 0.3) is 0 Å². The second kappa shape index (κ2) is 5.51. The minimum Gasteiger partial charge on any atom is -0.479 e. The predicted molar refractivity (Wildman–Crippen MR) is 60.0 cm³/mol. The number of carboxylic acids is 1. The van der Waals surface area contributed by atoms with Gasteiger partial charge in [-0.3, -0.25) is 0 Å². The van der Waals surface area contributed by atoms with E-state index in [0.717, 1.165) is 0 Å². The van der Waals surface area contributed by atoms with Crippen LogP contribution in [0.3, 0.4) is 0 Å². The molecule has 0 radical (unpaired) electrons. The van der Waals surface area contributed by atoms with Crippen molar-refractivity contribution in [2.75, 3.05) is 6.61 Å². The summed E-state index contributed by atoms with van der Waals surface area (Å²) in [7, 11) is 0. The Bertz CT molecular complexity index is 328. The summed E-state index contributed by atoms with van der Waals surface area (Å²) in [5.41, 5.74) is -0.641. The van der Waals surface area contributed by atoms with E-state index in [1.807, 2.05) is 0 Å². The van der Waals surface area contributed by atoms with Gasteiger partial charge in [0.2, 0.25) is 0 Å². The lowest BCUT2D eigenvalue weighted by Crippen LogP contribution is -2.50. The molecule has 1 aliphatic rings. The third kappa shape index (κ3) is 4.48. The zero-order valence-electron chi connectivity index (χ0n) is 10.6. The topological polar surface area (TPSA) is 84.9 Å². The van der Waals surface area contributed by atoms with Crippen molar-refractivity contribution < 1.29 is 28.6 Å². The Hall–Kier alpha value is -1.37. The SMILES string of the molecule is CC(C)(C)OC(=O)NC1CO[C@H](C(=O)O)C(F)C1. The summed E-state index contributed by atoms with van der Waals surface area (Å²) in [6.07, 6.45) is -3.87. The quantitative estimate of drug-likeness (QED) is 0.779. The van der Waals surface area contributed by atoms with Crippen molar-refractivity contribution in [3.8, 4) is 0 Å². The molecule has 0 spiro atoms. The molecule has 1 fully saturated rings. The first-order valence-corrected chi connectivity index (χ1v) is 5.67. The van der Waals surface area contributed by atoms with Crippen LogP contribution in [-0.4, -0.2) is 47.7 Å². The minimum atomic E-state index is -1.64. The molecule has 7 heteroatoms. The second-order valence-electron chi connectivity index (χ2n) is 5.19. The van der Waals surface area contributed by atoms with Gasteiger partial charge >= 0.3 is 12.1 Å². The summed E-state index contributed by atoms with van der Waals surface area (Å²) in [5.74, 6) is -1.33. The van der Waals surface area contributed by atoms with Crippen LogP contribution in [0.4, 0.5) is 9.18 Å². The van der Waals surface area contributed by atoms with E-state index in [-0.39, 0.29) is 13.0 Å². The summed E-state index contributed by atoms with van der Waals surface area (Å²) in [6.45, 7) is 5.09. The average Bonchev–Trinajstić information content (AvgIpc) is 2.13. The van der Waals surface area contributed by atoms with Gasteiger partial charge in [-0.25, -0.2) is 14.0 Å². The fourth-order valence-corrected chi connectivity index (χ4v) is 1.59. The van der Waals surface area contributed by atoms with Crippen LogP contribution in [-0.2, 0) is 14.3 Å². The van der Waals surface area contributed by atoms with Crippen molar-refractivity contribution in [2.24, 2.45) is 0 Å². The number of halogens is 1. The maximum absolute atomic E-state index is 13.4. The number of aliphatic carboxylic acids is 1. The summed E-state index contributed by atoms with van der Waals surface area (Å²) in [4.78, 5) is 22.0. The number of rotatable bonds is 2. The van der Waals surface area contributed by atoms with E-state index in [0.29, 0.717) is 0 Å². The molecule has 0 aromatic carbocycles. The van der Waals surface area contributed by atoms with Crippen LogP contribution < -0.4 is 5.32 Å². The molecule has 104 valence electrons. The Labute approximate surface area is 104 Å². The molecule has 0 bridgehead atoms. The van der Waals surface area contributed by atoms with Crippen LogP contribution in [0, 0.1) is 0 Å². The molecule has 1 aliphatic heterocycles. The molecule has 1 heterocycles. The van der Waals surface area contributed by atoms with Crippen LogP contribution in [0.2, 0.25) is 0 Å². The first-order chi connectivity index (χ1) is 8.19. The number of hydrogen-bond donors (Lipinski definition) is 2. The Morgan fingerprint density at radius 1 is 1.44 bits per heavy atom. The highest BCUT2D eigenvalue weighted by Crippen LogP contribution is 2.18. The molecule has 0 aliphatic carbocycles. The lowest BCUT2D eigenvalue weighted by molar-refractivity contribution is -0.160. The molecule has 18 heavy (non-hydrogen) atoms. The highest BCUT2D eigenvalue weighted by molar-refractivity contribution is 5.73. The molecule has 1 rings (SSSR count). The van der Waals surface area contributed by atoms with E-state index in [2.05, 4.69) is 5.32 Å². The normalized spacial score (nSPS) is 28.6. The van der Waals surface area contributed by atoms with Crippen molar-refractivity contribution in [3.63, 3.8) is 0 Å². The van der Waals surface area contributed by atoms with E-state index in [1.54, 1.807) is 20.8 Å². The zero-order chi connectivity index (χ0) is 13.9. The predicted octanol–water partition coefficient (Wildman–Crippen LogP) is 1.09. The highest BCUT2D eigenvalue weighted by atomic mass is 19.1. The Morgan fingerprint density at radius 2 is 2.06 bits per heavy atom. The maximum atomic E-state index is 13.4. The van der Waals surface area contributed by atoms with E-state index >= 15 is 0 Å². The summed E-state index contributed by atoms with van der Waals surface area (Å²) >= 11 is 0. The standard InChI is InChI=1S/C11H18FNO5/c1-11(2,3)18-10(16)13-6-4-7(12)8(9(14)15)17-5-6/h6-8H,4-5H2,1-3H3,(H,13,16)(H,14,15)/t6?,7?,8-/m0/s1. The number of amides is 1. The van der Waals surface area contributed by atoms with Gasteiger partial charge in [-0.05, 0) is 20.8 Å². The largest absolute Gasteiger partial charge is 0.479 e. The van der Waals surface area contributed by atoms with Crippen LogP contribution in [0.5, 0.6) is 0 Å². The fourth-order valence-electron chi connectivity index (χ4n) is 1.59. The van der Waals surface area contributed by atoms with Crippen molar-refractivity contribution >= 4 is 12.1 Å². The zero-order valence-corrected chi connectivity index (χ0v) is 10.6. The first kappa shape index (κ1) is 14.7. The van der Waals surface area contributed by atoms with Crippen molar-refractivity contribution in [1.82, 2.24) is 5.32 Å². The number of alkyl halides is 1. The minimum absolute atomic E-state index is 0.0450. The molecule has 6 nitrogen and oxygen atoms in total. The van der Waals surface area contributed by atoms with Gasteiger partial charge in [0.1, 0.15) is 11.8 Å². The van der Waals surface area contributed by atoms with E-state index in [1.165, 1.54) is 0 Å². The Kier molecular flexibility index (Phi) is 4.50. The van der Waals surface area contributed by atoms with Crippen molar-refractivity contribution in [1.29, 1.82) is 0 Å². The van der Waals surface area contributed by atoms with Crippen LogP contribution >= 0.6 is 0 Å². The van der Waals surface area contributed by atoms with E-state index in [4.69, 9.17) is 14.6 Å². The lowest BCUT2D eigenvalue weighted by atomic mass is 10.0. The van der Waals surface area contributed by atoms with Gasteiger partial charge in [0, 0.05) is 6.42 Å². The molecular weight excluding hydrogens is 245 g/mol. The number of carboxylic acid groups (broad SMARTS) is 1. The van der Waals surface area contributed by atoms with Crippen molar-refractivity contribution in [3.05, 3.63) is 0 Å². The molecular formula is C11H18FNO5. The molecule has 1 amide bonds. The monoisotopic (exact) mass is 263 g/mol. The van der Waals surface area contributed by atoms with E-state index < -0.39 is 36.0 Å². The molecule has 2 N–H and O–H groups in total. The van der Waals surface area contributed by atoms with Gasteiger partial charge in [-0.1, -0.05) is 0 Å². The van der Waals surface area contributed by atoms with Gasteiger partial charge < -0.3 is 19.9 Å². The van der Waals surface area contributed by atoms with Gasteiger partial charge in [0.15, 0.2) is 6.10 Å². The number of alkyl carbamates (subject to hydrolysis) is 1. The summed E-state index contributed by atoms with van der Waals surface area (Å²) in [6, 6.07) is -0.578. The van der Waals surface area contributed by atoms with Gasteiger partial charge in [-0.2, -0.15) is 0 Å². The summed E-state index contributed by atoms with van der Waals surface area (Å²) < 4.78 is 23.3. The number of carbonyl (C=O) groups excluding carboxylic acids is 1. The van der Waals surface area contributed by atoms with Crippen LogP contribution in [0.1, 0.15) is 27.2 Å². The number of carbonyl (C=O) groups is 2. The number of ether oxygens (including phenoxy) is 2. The molecule has 0 saturated carbocycles. The van der Waals surface area contributed by atoms with E-state index in [9.17, 15) is 14.0 Å². The number of nitrogens with one attached hydrogen (secondary N) is 1. The maximum Gasteiger partial charge on any atom is 0.407 e. The molecule has 0 aromatic heterocycles.